The van der Waals surface area contributed by atoms with Crippen molar-refractivity contribution in [3.8, 4) is 23.0 Å². The van der Waals surface area contributed by atoms with Crippen LogP contribution in [0.4, 0.5) is 17.3 Å². The summed E-state index contributed by atoms with van der Waals surface area (Å²) in [6.45, 7) is 2.26. The number of carbonyl (C=O) groups excluding carboxylic acids is 1. The summed E-state index contributed by atoms with van der Waals surface area (Å²) in [5.41, 5.74) is 3.91. The van der Waals surface area contributed by atoms with Gasteiger partial charge in [-0.05, 0) is 49.5 Å². The molecule has 0 saturated carbocycles. The lowest BCUT2D eigenvalue weighted by Crippen LogP contribution is -2.32. The van der Waals surface area contributed by atoms with Gasteiger partial charge in [0.15, 0.2) is 0 Å². The average Bonchev–Trinajstić information content (AvgIpc) is 3.32. The lowest BCUT2D eigenvalue weighted by atomic mass is 10.2. The summed E-state index contributed by atoms with van der Waals surface area (Å²) in [5.74, 6) is 0.488. The van der Waals surface area contributed by atoms with Gasteiger partial charge in [0.05, 0.1) is 45.5 Å². The van der Waals surface area contributed by atoms with Gasteiger partial charge in [0.1, 0.15) is 0 Å². The topological polar surface area (TPSA) is 103 Å². The number of likely N-dealkylation sites (N-methyl/N-ethyl adjacent to an activating group) is 1. The molecule has 1 aliphatic rings. The molecule has 4 aromatic rings. The number of anilines is 3. The SMILES string of the molecule is CN1CCC(=O)N(c2ccc(Nc3ncc(Cl)c(-c4cnn(-c5ccc(C#N)cc5Cl)c4)n3)cc2)CC1. The van der Waals surface area contributed by atoms with E-state index in [2.05, 4.69) is 31.4 Å². The molecule has 9 nitrogen and oxygen atoms in total. The minimum absolute atomic E-state index is 0.124. The van der Waals surface area contributed by atoms with E-state index in [1.54, 1.807) is 35.3 Å². The number of amides is 1. The number of nitrogens with zero attached hydrogens (tertiary/aromatic N) is 7. The molecule has 2 aromatic heterocycles. The monoisotopic (exact) mass is 532 g/mol. The van der Waals surface area contributed by atoms with Crippen LogP contribution in [0, 0.1) is 11.3 Å². The van der Waals surface area contributed by atoms with Crippen molar-refractivity contribution in [2.75, 3.05) is 36.9 Å². The molecule has 2 aromatic carbocycles. The first-order chi connectivity index (χ1) is 17.9. The number of rotatable bonds is 5. The van der Waals surface area contributed by atoms with E-state index in [1.165, 1.54) is 6.20 Å². The zero-order valence-electron chi connectivity index (χ0n) is 19.9. The van der Waals surface area contributed by atoms with Gasteiger partial charge in [-0.15, -0.1) is 0 Å². The molecule has 0 radical (unpaired) electrons. The normalized spacial score (nSPS) is 14.3. The number of nitriles is 1. The van der Waals surface area contributed by atoms with E-state index in [9.17, 15) is 4.79 Å². The summed E-state index contributed by atoms with van der Waals surface area (Å²) < 4.78 is 1.60. The Labute approximate surface area is 223 Å². The molecule has 0 bridgehead atoms. The van der Waals surface area contributed by atoms with Gasteiger partial charge in [-0.25, -0.2) is 14.6 Å². The first-order valence-corrected chi connectivity index (χ1v) is 12.3. The third kappa shape index (κ3) is 5.42. The van der Waals surface area contributed by atoms with Crippen molar-refractivity contribution in [3.63, 3.8) is 0 Å². The quantitative estimate of drug-likeness (QED) is 0.389. The van der Waals surface area contributed by atoms with Crippen LogP contribution in [0.25, 0.3) is 16.9 Å². The van der Waals surface area contributed by atoms with Gasteiger partial charge in [-0.3, -0.25) is 4.79 Å². The second kappa shape index (κ2) is 10.6. The van der Waals surface area contributed by atoms with Crippen molar-refractivity contribution in [2.45, 2.75) is 6.42 Å². The Bertz CT molecular complexity index is 1500. The molecule has 1 fully saturated rings. The smallest absolute Gasteiger partial charge is 0.228 e. The Kier molecular flexibility index (Phi) is 7.06. The minimum atomic E-state index is 0.124. The number of benzene rings is 2. The molecule has 1 N–H and O–H groups in total. The molecular formula is C26H22Cl2N8O. The highest BCUT2D eigenvalue weighted by Gasteiger charge is 2.20. The molecule has 1 amide bonds. The van der Waals surface area contributed by atoms with Crippen LogP contribution in [0.1, 0.15) is 12.0 Å². The predicted molar refractivity (Wildman–Crippen MR) is 144 cm³/mol. The molecule has 5 rings (SSSR count). The number of halogens is 2. The van der Waals surface area contributed by atoms with Crippen molar-refractivity contribution in [2.24, 2.45) is 0 Å². The number of nitrogens with one attached hydrogen (secondary N) is 1. The van der Waals surface area contributed by atoms with Gasteiger partial charge in [0.25, 0.3) is 0 Å². The first-order valence-electron chi connectivity index (χ1n) is 11.5. The van der Waals surface area contributed by atoms with E-state index in [0.29, 0.717) is 51.5 Å². The fourth-order valence-corrected chi connectivity index (χ4v) is 4.49. The molecule has 0 unspecified atom stereocenters. The lowest BCUT2D eigenvalue weighted by molar-refractivity contribution is -0.118. The van der Waals surface area contributed by atoms with Crippen molar-refractivity contribution < 1.29 is 4.79 Å². The average molecular weight is 533 g/mol. The molecule has 3 heterocycles. The molecular weight excluding hydrogens is 511 g/mol. The lowest BCUT2D eigenvalue weighted by Gasteiger charge is -2.21. The maximum Gasteiger partial charge on any atom is 0.228 e. The third-order valence-corrected chi connectivity index (χ3v) is 6.65. The van der Waals surface area contributed by atoms with E-state index in [0.717, 1.165) is 24.5 Å². The van der Waals surface area contributed by atoms with Crippen LogP contribution in [0.15, 0.2) is 61.1 Å². The Morgan fingerprint density at radius 3 is 2.59 bits per heavy atom. The van der Waals surface area contributed by atoms with Gasteiger partial charge in [-0.2, -0.15) is 10.4 Å². The number of hydrogen-bond acceptors (Lipinski definition) is 7. The van der Waals surface area contributed by atoms with Crippen LogP contribution in [0.5, 0.6) is 0 Å². The summed E-state index contributed by atoms with van der Waals surface area (Å²) >= 11 is 12.7. The van der Waals surface area contributed by atoms with Gasteiger partial charge in [0, 0.05) is 49.2 Å². The summed E-state index contributed by atoms with van der Waals surface area (Å²) in [6, 6.07) is 14.7. The van der Waals surface area contributed by atoms with E-state index in [4.69, 9.17) is 28.5 Å². The molecule has 186 valence electrons. The van der Waals surface area contributed by atoms with Gasteiger partial charge < -0.3 is 15.1 Å². The van der Waals surface area contributed by atoms with E-state index in [-0.39, 0.29) is 5.91 Å². The molecule has 11 heteroatoms. The van der Waals surface area contributed by atoms with Gasteiger partial charge in [0.2, 0.25) is 11.9 Å². The maximum absolute atomic E-state index is 12.5. The van der Waals surface area contributed by atoms with Crippen molar-refractivity contribution in [1.82, 2.24) is 24.6 Å². The van der Waals surface area contributed by atoms with Crippen LogP contribution >= 0.6 is 23.2 Å². The molecule has 0 atom stereocenters. The van der Waals surface area contributed by atoms with Crippen LogP contribution in [0.2, 0.25) is 10.0 Å². The fraction of sp³-hybridized carbons (Fsp3) is 0.192. The van der Waals surface area contributed by atoms with Crippen molar-refractivity contribution >= 4 is 46.4 Å². The summed E-state index contributed by atoms with van der Waals surface area (Å²) in [7, 11) is 2.03. The Hall–Kier alpha value is -3.97. The van der Waals surface area contributed by atoms with E-state index in [1.807, 2.05) is 36.2 Å². The second-order valence-electron chi connectivity index (χ2n) is 8.61. The maximum atomic E-state index is 12.5. The second-order valence-corrected chi connectivity index (χ2v) is 9.43. The van der Waals surface area contributed by atoms with Crippen LogP contribution in [0.3, 0.4) is 0 Å². The Morgan fingerprint density at radius 2 is 1.84 bits per heavy atom. The largest absolute Gasteiger partial charge is 0.324 e. The Balaban J connectivity index is 1.34. The third-order valence-electron chi connectivity index (χ3n) is 6.07. The van der Waals surface area contributed by atoms with Gasteiger partial charge >= 0.3 is 0 Å². The Morgan fingerprint density at radius 1 is 1.03 bits per heavy atom. The summed E-state index contributed by atoms with van der Waals surface area (Å²) in [6.07, 6.45) is 5.43. The van der Waals surface area contributed by atoms with Crippen molar-refractivity contribution in [1.29, 1.82) is 5.26 Å². The van der Waals surface area contributed by atoms with E-state index >= 15 is 0 Å². The number of hydrogen-bond donors (Lipinski definition) is 1. The van der Waals surface area contributed by atoms with Crippen LogP contribution < -0.4 is 10.2 Å². The highest BCUT2D eigenvalue weighted by Crippen LogP contribution is 2.29. The standard InChI is InChI=1S/C26H22Cl2N8O/c1-34-9-8-24(37)35(11-10-34)20-5-3-19(4-6-20)32-26-30-15-22(28)25(33-26)18-14-31-36(16-18)23-7-2-17(13-29)12-21(23)27/h2-7,12,14-16H,8-11H2,1H3,(H,30,32,33). The minimum Gasteiger partial charge on any atom is -0.324 e. The molecule has 0 aliphatic carbocycles. The fourth-order valence-electron chi connectivity index (χ4n) is 4.02. The summed E-state index contributed by atoms with van der Waals surface area (Å²) in [5, 5.41) is 17.4. The van der Waals surface area contributed by atoms with E-state index < -0.39 is 0 Å². The number of aromatic nitrogens is 4. The first kappa shape index (κ1) is 24.7. The molecule has 37 heavy (non-hydrogen) atoms. The van der Waals surface area contributed by atoms with Crippen LogP contribution in [-0.4, -0.2) is 57.2 Å². The predicted octanol–water partition coefficient (Wildman–Crippen LogP) is 4.92. The highest BCUT2D eigenvalue weighted by atomic mass is 35.5. The molecule has 1 aliphatic heterocycles. The molecule has 1 saturated heterocycles. The zero-order chi connectivity index (χ0) is 25.9. The zero-order valence-corrected chi connectivity index (χ0v) is 21.4. The number of carbonyl (C=O) groups is 1. The van der Waals surface area contributed by atoms with Crippen LogP contribution in [-0.2, 0) is 4.79 Å². The molecule has 0 spiro atoms. The highest BCUT2D eigenvalue weighted by molar-refractivity contribution is 6.33. The van der Waals surface area contributed by atoms with Gasteiger partial charge in [-0.1, -0.05) is 23.2 Å². The summed E-state index contributed by atoms with van der Waals surface area (Å²) in [4.78, 5) is 25.4. The van der Waals surface area contributed by atoms with Crippen molar-refractivity contribution in [3.05, 3.63) is 76.7 Å².